The molecule has 36 heavy (non-hydrogen) atoms. The SMILES string of the molecule is C[Si](C)(C)Cl.Cc1cc(-c2ccccc2)ncc1Br.Cc1cc(-c2ccccc2)ncc1[Si](C)(C)C. The Balaban J connectivity index is 0.000000217. The van der Waals surface area contributed by atoms with E-state index in [9.17, 15) is 0 Å². The van der Waals surface area contributed by atoms with Crippen molar-refractivity contribution < 1.29 is 0 Å². The monoisotopic (exact) mass is 596 g/mol. The lowest BCUT2D eigenvalue weighted by Gasteiger charge is -2.19. The van der Waals surface area contributed by atoms with Crippen molar-refractivity contribution in [1.82, 2.24) is 9.97 Å². The van der Waals surface area contributed by atoms with E-state index in [0.29, 0.717) is 0 Å². The summed E-state index contributed by atoms with van der Waals surface area (Å²) in [6.07, 6.45) is 3.92. The Kier molecular flexibility index (Phi) is 11.3. The van der Waals surface area contributed by atoms with E-state index in [1.807, 2.05) is 30.5 Å². The molecule has 4 rings (SSSR count). The van der Waals surface area contributed by atoms with Gasteiger partial charge in [0.25, 0.3) is 0 Å². The normalized spacial score (nSPS) is 11.1. The Labute approximate surface area is 233 Å². The van der Waals surface area contributed by atoms with Crippen molar-refractivity contribution in [2.45, 2.75) is 53.1 Å². The van der Waals surface area contributed by atoms with Gasteiger partial charge >= 0.3 is 0 Å². The first-order chi connectivity index (χ1) is 16.8. The van der Waals surface area contributed by atoms with E-state index in [1.54, 1.807) is 0 Å². The molecule has 190 valence electrons. The lowest BCUT2D eigenvalue weighted by Crippen LogP contribution is -2.39. The zero-order valence-corrected chi connectivity index (χ0v) is 27.1. The van der Waals surface area contributed by atoms with Gasteiger partial charge in [0.1, 0.15) is 7.38 Å². The highest BCUT2D eigenvalue weighted by Gasteiger charge is 2.19. The molecule has 0 bridgehead atoms. The summed E-state index contributed by atoms with van der Waals surface area (Å²) in [5, 5.41) is 1.46. The second-order valence-electron chi connectivity index (χ2n) is 10.8. The smallest absolute Gasteiger partial charge is 0.147 e. The number of rotatable bonds is 3. The molecular weight excluding hydrogens is 560 g/mol. The standard InChI is InChI=1S/C15H19NSi.C12H10BrN.C3H9ClSi/c1-12-10-14(13-8-6-5-7-9-13)16-11-15(12)17(2,3)4;1-9-7-12(14-8-11(9)13)10-5-3-2-4-6-10;1-5(2,3)4/h5-11H,1-4H3;2-8H,1H3;1-3H3. The Morgan fingerprint density at radius 1 is 0.639 bits per heavy atom. The minimum absolute atomic E-state index is 1.02. The third-order valence-corrected chi connectivity index (χ3v) is 8.07. The molecule has 2 heterocycles. The summed E-state index contributed by atoms with van der Waals surface area (Å²) in [5.41, 5.74) is 7.02. The van der Waals surface area contributed by atoms with E-state index in [2.05, 4.69) is 134 Å². The summed E-state index contributed by atoms with van der Waals surface area (Å²) >= 11 is 9.11. The van der Waals surface area contributed by atoms with Crippen molar-refractivity contribution in [1.29, 1.82) is 0 Å². The molecule has 0 aliphatic carbocycles. The van der Waals surface area contributed by atoms with Gasteiger partial charge in [-0.25, -0.2) is 0 Å². The van der Waals surface area contributed by atoms with Crippen LogP contribution in [0.1, 0.15) is 11.1 Å². The molecule has 0 saturated heterocycles. The van der Waals surface area contributed by atoms with Crippen LogP contribution in [0.15, 0.2) is 89.7 Å². The highest BCUT2D eigenvalue weighted by molar-refractivity contribution is 9.10. The average Bonchev–Trinajstić information content (AvgIpc) is 2.80. The lowest BCUT2D eigenvalue weighted by molar-refractivity contribution is 1.26. The van der Waals surface area contributed by atoms with Gasteiger partial charge in [0.2, 0.25) is 0 Å². The molecule has 0 atom stereocenters. The van der Waals surface area contributed by atoms with Crippen LogP contribution in [0.4, 0.5) is 0 Å². The van der Waals surface area contributed by atoms with Gasteiger partial charge in [0.05, 0.1) is 19.5 Å². The minimum atomic E-state index is -1.26. The summed E-state index contributed by atoms with van der Waals surface area (Å²) in [6, 6.07) is 24.8. The van der Waals surface area contributed by atoms with Gasteiger partial charge in [-0.15, -0.1) is 0 Å². The maximum atomic E-state index is 5.67. The Bertz CT molecular complexity index is 1230. The molecule has 0 aliphatic heterocycles. The molecule has 0 amide bonds. The third-order valence-electron chi connectivity index (χ3n) is 5.10. The highest BCUT2D eigenvalue weighted by atomic mass is 79.9. The van der Waals surface area contributed by atoms with Gasteiger partial charge in [-0.05, 0) is 58.2 Å². The van der Waals surface area contributed by atoms with Crippen LogP contribution in [0.2, 0.25) is 39.3 Å². The summed E-state index contributed by atoms with van der Waals surface area (Å²) in [7, 11) is -2.40. The van der Waals surface area contributed by atoms with Gasteiger partial charge in [-0.2, -0.15) is 11.1 Å². The molecule has 2 nitrogen and oxygen atoms in total. The van der Waals surface area contributed by atoms with Crippen LogP contribution in [0.5, 0.6) is 0 Å². The molecular formula is C30H38BrClN2Si2. The van der Waals surface area contributed by atoms with Crippen molar-refractivity contribution >= 4 is 47.7 Å². The fourth-order valence-electron chi connectivity index (χ4n) is 3.41. The van der Waals surface area contributed by atoms with Crippen molar-refractivity contribution in [3.63, 3.8) is 0 Å². The molecule has 0 saturated carbocycles. The number of aryl methyl sites for hydroxylation is 2. The summed E-state index contributed by atoms with van der Waals surface area (Å²) in [4.78, 5) is 8.97. The van der Waals surface area contributed by atoms with Crippen molar-refractivity contribution in [2.24, 2.45) is 0 Å². The van der Waals surface area contributed by atoms with E-state index < -0.39 is 15.5 Å². The van der Waals surface area contributed by atoms with E-state index in [1.165, 1.54) is 21.9 Å². The Morgan fingerprint density at radius 2 is 1.03 bits per heavy atom. The number of hydrogen-bond acceptors (Lipinski definition) is 2. The number of benzene rings is 2. The molecule has 2 aromatic heterocycles. The van der Waals surface area contributed by atoms with Crippen LogP contribution >= 0.6 is 27.0 Å². The Hall–Kier alpha value is -2.06. The van der Waals surface area contributed by atoms with Crippen molar-refractivity contribution in [2.75, 3.05) is 0 Å². The van der Waals surface area contributed by atoms with Crippen LogP contribution in [0.25, 0.3) is 22.5 Å². The fraction of sp³-hybridized carbons (Fsp3) is 0.267. The zero-order chi connectivity index (χ0) is 26.9. The van der Waals surface area contributed by atoms with Crippen LogP contribution in [0.3, 0.4) is 0 Å². The molecule has 0 N–H and O–H groups in total. The van der Waals surface area contributed by atoms with Crippen molar-refractivity contribution in [3.8, 4) is 22.5 Å². The van der Waals surface area contributed by atoms with Gasteiger partial charge < -0.3 is 0 Å². The molecule has 0 spiro atoms. The van der Waals surface area contributed by atoms with Crippen LogP contribution in [-0.2, 0) is 0 Å². The van der Waals surface area contributed by atoms with E-state index in [-0.39, 0.29) is 0 Å². The number of aromatic nitrogens is 2. The molecule has 0 unspecified atom stereocenters. The van der Waals surface area contributed by atoms with Gasteiger partial charge in [0.15, 0.2) is 0 Å². The second kappa shape index (κ2) is 13.5. The molecule has 0 aliphatic rings. The zero-order valence-electron chi connectivity index (χ0n) is 22.7. The molecule has 2 aromatic carbocycles. The highest BCUT2D eigenvalue weighted by Crippen LogP contribution is 2.22. The van der Waals surface area contributed by atoms with E-state index >= 15 is 0 Å². The van der Waals surface area contributed by atoms with E-state index in [0.717, 1.165) is 21.4 Å². The minimum Gasteiger partial charge on any atom is -0.256 e. The maximum Gasteiger partial charge on any atom is 0.147 e. The number of hydrogen-bond donors (Lipinski definition) is 0. The van der Waals surface area contributed by atoms with Gasteiger partial charge in [-0.3, -0.25) is 9.97 Å². The molecule has 6 heteroatoms. The Morgan fingerprint density at radius 3 is 1.39 bits per heavy atom. The van der Waals surface area contributed by atoms with E-state index in [4.69, 9.17) is 11.1 Å². The maximum absolute atomic E-state index is 5.67. The van der Waals surface area contributed by atoms with Gasteiger partial charge in [-0.1, -0.05) is 99.9 Å². The number of pyridine rings is 2. The topological polar surface area (TPSA) is 25.8 Å². The quantitative estimate of drug-likeness (QED) is 0.174. The first kappa shape index (κ1) is 30.2. The first-order valence-electron chi connectivity index (χ1n) is 12.1. The van der Waals surface area contributed by atoms with Gasteiger partial charge in [0, 0.05) is 28.0 Å². The number of halogens is 2. The molecule has 4 aromatic rings. The van der Waals surface area contributed by atoms with Crippen molar-refractivity contribution in [3.05, 3.63) is 101 Å². The van der Waals surface area contributed by atoms with Crippen LogP contribution in [-0.4, -0.2) is 25.4 Å². The predicted octanol–water partition coefficient (Wildman–Crippen LogP) is 9.48. The number of nitrogens with zero attached hydrogens (tertiary/aromatic N) is 2. The molecule has 0 fully saturated rings. The second-order valence-corrected chi connectivity index (χ2v) is 24.2. The summed E-state index contributed by atoms with van der Waals surface area (Å²) < 4.78 is 1.05. The summed E-state index contributed by atoms with van der Waals surface area (Å²) in [6.45, 7) is 17.6. The van der Waals surface area contributed by atoms with Crippen LogP contribution in [0, 0.1) is 13.8 Å². The lowest BCUT2D eigenvalue weighted by atomic mass is 10.1. The first-order valence-corrected chi connectivity index (χ1v) is 20.9. The largest absolute Gasteiger partial charge is 0.256 e. The molecule has 0 radical (unpaired) electrons. The average molecular weight is 598 g/mol. The third kappa shape index (κ3) is 10.5. The predicted molar refractivity (Wildman–Crippen MR) is 169 cm³/mol. The van der Waals surface area contributed by atoms with Crippen LogP contribution < -0.4 is 5.19 Å². The fourth-order valence-corrected chi connectivity index (χ4v) is 5.34. The summed E-state index contributed by atoms with van der Waals surface area (Å²) in [5.74, 6) is 0.